The van der Waals surface area contributed by atoms with Crippen LogP contribution in [0.1, 0.15) is 19.3 Å². The molecule has 1 heterocycles. The molecule has 0 atom stereocenters. The number of rotatable bonds is 6. The number of halogens is 1. The summed E-state index contributed by atoms with van der Waals surface area (Å²) in [5.74, 6) is -1.33. The van der Waals surface area contributed by atoms with Crippen molar-refractivity contribution in [3.63, 3.8) is 0 Å². The number of nitro groups is 1. The maximum Gasteiger partial charge on any atom is 0.492 e. The SMILES string of the molecule is O=C(O)CCCCn1nc([N+](=O)[O-])nc1Br. The lowest BCUT2D eigenvalue weighted by molar-refractivity contribution is -0.394. The predicted molar refractivity (Wildman–Crippen MR) is 55.9 cm³/mol. The van der Waals surface area contributed by atoms with Crippen LogP contribution in [-0.2, 0) is 11.3 Å². The van der Waals surface area contributed by atoms with Gasteiger partial charge in [0.15, 0.2) is 0 Å². The van der Waals surface area contributed by atoms with Gasteiger partial charge in [-0.2, -0.15) is 4.68 Å². The predicted octanol–water partition coefficient (Wildman–Crippen LogP) is 1.20. The number of carboxylic acids is 1. The Labute approximate surface area is 98.6 Å². The van der Waals surface area contributed by atoms with Crippen molar-refractivity contribution in [1.82, 2.24) is 14.8 Å². The van der Waals surface area contributed by atoms with Crippen molar-refractivity contribution < 1.29 is 14.8 Å². The molecule has 1 N–H and O–H groups in total. The van der Waals surface area contributed by atoms with Crippen LogP contribution >= 0.6 is 15.9 Å². The summed E-state index contributed by atoms with van der Waals surface area (Å²) in [5.41, 5.74) is 0. The number of aryl methyl sites for hydroxylation is 1. The third-order valence-electron chi connectivity index (χ3n) is 1.79. The highest BCUT2D eigenvalue weighted by atomic mass is 79.9. The Balaban J connectivity index is 2.47. The molecule has 0 aliphatic carbocycles. The van der Waals surface area contributed by atoms with E-state index in [0.717, 1.165) is 0 Å². The first-order chi connectivity index (χ1) is 7.50. The van der Waals surface area contributed by atoms with Crippen molar-refractivity contribution in [3.05, 3.63) is 14.8 Å². The van der Waals surface area contributed by atoms with Crippen LogP contribution in [-0.4, -0.2) is 30.8 Å². The second-order valence-corrected chi connectivity index (χ2v) is 3.72. The van der Waals surface area contributed by atoms with E-state index in [1.165, 1.54) is 4.68 Å². The molecule has 0 aromatic carbocycles. The molecule has 0 unspecified atom stereocenters. The van der Waals surface area contributed by atoms with Gasteiger partial charge in [0.2, 0.25) is 0 Å². The summed E-state index contributed by atoms with van der Waals surface area (Å²) in [6.45, 7) is 0.398. The summed E-state index contributed by atoms with van der Waals surface area (Å²) in [6, 6.07) is 0. The minimum absolute atomic E-state index is 0.0778. The van der Waals surface area contributed by atoms with E-state index < -0.39 is 16.8 Å². The van der Waals surface area contributed by atoms with E-state index >= 15 is 0 Å². The topological polar surface area (TPSA) is 111 Å². The summed E-state index contributed by atoms with van der Waals surface area (Å²) in [6.07, 6.45) is 1.15. The highest BCUT2D eigenvalue weighted by Gasteiger charge is 2.18. The lowest BCUT2D eigenvalue weighted by Gasteiger charge is -1.96. The van der Waals surface area contributed by atoms with E-state index in [9.17, 15) is 14.9 Å². The van der Waals surface area contributed by atoms with Crippen molar-refractivity contribution in [2.24, 2.45) is 0 Å². The summed E-state index contributed by atoms with van der Waals surface area (Å²) in [5, 5.41) is 22.4. The first-order valence-corrected chi connectivity index (χ1v) is 5.26. The molecule has 0 aliphatic rings. The van der Waals surface area contributed by atoms with Gasteiger partial charge in [0.05, 0.1) is 6.54 Å². The lowest BCUT2D eigenvalue weighted by atomic mass is 10.2. The molecule has 8 nitrogen and oxygen atoms in total. The molecule has 0 fully saturated rings. The highest BCUT2D eigenvalue weighted by Crippen LogP contribution is 2.13. The minimum Gasteiger partial charge on any atom is -0.481 e. The van der Waals surface area contributed by atoms with Crippen molar-refractivity contribution in [2.75, 3.05) is 0 Å². The van der Waals surface area contributed by atoms with Crippen LogP contribution in [0.3, 0.4) is 0 Å². The molecule has 1 rings (SSSR count). The van der Waals surface area contributed by atoms with Gasteiger partial charge in [0.25, 0.3) is 4.73 Å². The van der Waals surface area contributed by atoms with Gasteiger partial charge in [-0.3, -0.25) is 4.79 Å². The maximum absolute atomic E-state index is 10.4. The normalized spacial score (nSPS) is 10.3. The maximum atomic E-state index is 10.4. The summed E-state index contributed by atoms with van der Waals surface area (Å²) in [7, 11) is 0. The van der Waals surface area contributed by atoms with Gasteiger partial charge in [-0.05, 0) is 22.7 Å². The number of aromatic nitrogens is 3. The molecule has 88 valence electrons. The van der Waals surface area contributed by atoms with Gasteiger partial charge in [0.1, 0.15) is 0 Å². The molecule has 0 saturated heterocycles. The Kier molecular flexibility index (Phi) is 4.35. The number of nitrogens with zero attached hydrogens (tertiary/aromatic N) is 4. The van der Waals surface area contributed by atoms with Crippen LogP contribution in [0.15, 0.2) is 4.73 Å². The first-order valence-electron chi connectivity index (χ1n) is 4.47. The van der Waals surface area contributed by atoms with Gasteiger partial charge < -0.3 is 15.2 Å². The second kappa shape index (κ2) is 5.54. The molecular weight excluding hydrogens is 284 g/mol. The Hall–Kier alpha value is -1.51. The third kappa shape index (κ3) is 3.57. The number of hydrogen-bond acceptors (Lipinski definition) is 5. The van der Waals surface area contributed by atoms with Crippen LogP contribution in [0.4, 0.5) is 5.95 Å². The molecule has 0 bridgehead atoms. The van der Waals surface area contributed by atoms with Crippen LogP contribution in [0, 0.1) is 10.1 Å². The zero-order chi connectivity index (χ0) is 12.1. The number of unbranched alkanes of at least 4 members (excludes halogenated alkanes) is 1. The van der Waals surface area contributed by atoms with Crippen molar-refractivity contribution >= 4 is 27.8 Å². The lowest BCUT2D eigenvalue weighted by Crippen LogP contribution is -2.03. The van der Waals surface area contributed by atoms with Gasteiger partial charge >= 0.3 is 11.9 Å². The van der Waals surface area contributed by atoms with Gasteiger partial charge in [-0.25, -0.2) is 0 Å². The molecule has 1 aromatic heterocycles. The van der Waals surface area contributed by atoms with Gasteiger partial charge in [-0.1, -0.05) is 0 Å². The quantitative estimate of drug-likeness (QED) is 0.479. The fraction of sp³-hybridized carbons (Fsp3) is 0.571. The van der Waals surface area contributed by atoms with Gasteiger partial charge in [-0.15, -0.1) is 0 Å². The first kappa shape index (κ1) is 12.6. The number of aliphatic carboxylic acids is 1. The molecule has 0 amide bonds. The molecule has 0 spiro atoms. The molecule has 0 saturated carbocycles. The van der Waals surface area contributed by atoms with Gasteiger partial charge in [0, 0.05) is 27.4 Å². The molecule has 16 heavy (non-hydrogen) atoms. The number of hydrogen-bond donors (Lipinski definition) is 1. The summed E-state index contributed by atoms with van der Waals surface area (Å²) >= 11 is 3.04. The Morgan fingerprint density at radius 3 is 2.75 bits per heavy atom. The van der Waals surface area contributed by atoms with Crippen LogP contribution < -0.4 is 0 Å². The van der Waals surface area contributed by atoms with E-state index in [-0.39, 0.29) is 11.2 Å². The zero-order valence-electron chi connectivity index (χ0n) is 8.17. The fourth-order valence-corrected chi connectivity index (χ4v) is 1.48. The summed E-state index contributed by atoms with van der Waals surface area (Å²) in [4.78, 5) is 23.5. The fourth-order valence-electron chi connectivity index (χ4n) is 1.07. The molecule has 9 heteroatoms. The van der Waals surface area contributed by atoms with E-state index in [0.29, 0.717) is 19.4 Å². The molecular formula is C7H9BrN4O4. The summed E-state index contributed by atoms with van der Waals surface area (Å²) < 4.78 is 1.61. The largest absolute Gasteiger partial charge is 0.492 e. The van der Waals surface area contributed by atoms with E-state index in [4.69, 9.17) is 5.11 Å². The Morgan fingerprint density at radius 2 is 2.25 bits per heavy atom. The Bertz CT molecular complexity index is 405. The van der Waals surface area contributed by atoms with Crippen LogP contribution in [0.25, 0.3) is 0 Å². The molecule has 1 aromatic rings. The second-order valence-electron chi connectivity index (χ2n) is 3.01. The van der Waals surface area contributed by atoms with Crippen molar-refractivity contribution in [1.29, 1.82) is 0 Å². The van der Waals surface area contributed by atoms with Crippen LogP contribution in [0.2, 0.25) is 0 Å². The smallest absolute Gasteiger partial charge is 0.481 e. The van der Waals surface area contributed by atoms with E-state index in [2.05, 4.69) is 26.0 Å². The van der Waals surface area contributed by atoms with Crippen LogP contribution in [0.5, 0.6) is 0 Å². The standard InChI is InChI=1S/C7H9BrN4O4/c8-6-9-7(12(15)16)10-11(6)4-2-1-3-5(13)14/h1-4H2,(H,13,14). The zero-order valence-corrected chi connectivity index (χ0v) is 9.75. The van der Waals surface area contributed by atoms with Crippen molar-refractivity contribution in [3.8, 4) is 0 Å². The average Bonchev–Trinajstić information content (AvgIpc) is 2.55. The monoisotopic (exact) mass is 292 g/mol. The molecule has 0 radical (unpaired) electrons. The minimum atomic E-state index is -0.858. The highest BCUT2D eigenvalue weighted by molar-refractivity contribution is 9.10. The van der Waals surface area contributed by atoms with Crippen molar-refractivity contribution in [2.45, 2.75) is 25.8 Å². The molecule has 0 aliphatic heterocycles. The van der Waals surface area contributed by atoms with E-state index in [1.54, 1.807) is 0 Å². The van der Waals surface area contributed by atoms with E-state index in [1.807, 2.05) is 0 Å². The Morgan fingerprint density at radius 1 is 1.56 bits per heavy atom. The average molecular weight is 293 g/mol. The number of carboxylic acid groups (broad SMARTS) is 1. The third-order valence-corrected chi connectivity index (χ3v) is 2.38. The number of carbonyl (C=O) groups is 1.